The molecule has 3 nitrogen and oxygen atoms in total. The fraction of sp³-hybridized carbons (Fsp3) is 0.400. The van der Waals surface area contributed by atoms with Gasteiger partial charge in [-0.05, 0) is 25.5 Å². The molecule has 0 radical (unpaired) electrons. The zero-order valence-electron chi connectivity index (χ0n) is 7.91. The van der Waals surface area contributed by atoms with Crippen molar-refractivity contribution in [3.63, 3.8) is 0 Å². The van der Waals surface area contributed by atoms with Gasteiger partial charge in [0.15, 0.2) is 0 Å². The van der Waals surface area contributed by atoms with Crippen molar-refractivity contribution in [3.8, 4) is 5.75 Å². The van der Waals surface area contributed by atoms with E-state index in [1.54, 1.807) is 19.1 Å². The van der Waals surface area contributed by atoms with Gasteiger partial charge in [0, 0.05) is 5.56 Å². The van der Waals surface area contributed by atoms with Crippen LogP contribution in [0.25, 0.3) is 0 Å². The zero-order chi connectivity index (χ0) is 10.1. The Morgan fingerprint density at radius 1 is 1.46 bits per heavy atom. The molecule has 72 valence electrons. The summed E-state index contributed by atoms with van der Waals surface area (Å²) in [5, 5.41) is 18.6. The third kappa shape index (κ3) is 1.99. The minimum absolute atomic E-state index is 0.138. The minimum Gasteiger partial charge on any atom is -0.508 e. The lowest BCUT2D eigenvalue weighted by Crippen LogP contribution is -2.36. The molecular formula is C10H15NO2. The van der Waals surface area contributed by atoms with E-state index in [2.05, 4.69) is 0 Å². The number of nitrogens with two attached hydrogens (primary N) is 1. The third-order valence-electron chi connectivity index (χ3n) is 2.10. The van der Waals surface area contributed by atoms with Gasteiger partial charge in [-0.2, -0.15) is 0 Å². The Morgan fingerprint density at radius 2 is 2.08 bits per heavy atom. The molecule has 0 saturated heterocycles. The Balaban J connectivity index is 3.16. The molecule has 0 saturated carbocycles. The van der Waals surface area contributed by atoms with E-state index in [9.17, 15) is 5.11 Å². The average Bonchev–Trinajstić information content (AvgIpc) is 2.03. The summed E-state index contributed by atoms with van der Waals surface area (Å²) >= 11 is 0. The molecule has 13 heavy (non-hydrogen) atoms. The van der Waals surface area contributed by atoms with Crippen molar-refractivity contribution >= 4 is 0 Å². The van der Waals surface area contributed by atoms with Gasteiger partial charge < -0.3 is 15.9 Å². The Bertz CT molecular complexity index is 308. The summed E-state index contributed by atoms with van der Waals surface area (Å²) < 4.78 is 0. The number of hydrogen-bond donors (Lipinski definition) is 3. The van der Waals surface area contributed by atoms with Gasteiger partial charge in [0.05, 0.1) is 12.1 Å². The van der Waals surface area contributed by atoms with Crippen LogP contribution in [0.4, 0.5) is 0 Å². The van der Waals surface area contributed by atoms with Crippen LogP contribution in [0.3, 0.4) is 0 Å². The first-order chi connectivity index (χ1) is 5.97. The molecule has 0 aromatic heterocycles. The lowest BCUT2D eigenvalue weighted by atomic mass is 9.92. The van der Waals surface area contributed by atoms with E-state index in [1.165, 1.54) is 0 Å². The van der Waals surface area contributed by atoms with Crippen LogP contribution in [0, 0.1) is 6.92 Å². The molecule has 1 rings (SSSR count). The SMILES string of the molecule is Cc1ccc([C@](C)(N)CO)c(O)c1. The van der Waals surface area contributed by atoms with Crippen LogP contribution in [0.1, 0.15) is 18.1 Å². The quantitative estimate of drug-likeness (QED) is 0.634. The number of phenols is 1. The number of rotatable bonds is 2. The second-order valence-corrected chi connectivity index (χ2v) is 3.60. The summed E-state index contributed by atoms with van der Waals surface area (Å²) in [6.07, 6.45) is 0. The number of aromatic hydroxyl groups is 1. The van der Waals surface area contributed by atoms with Crippen LogP contribution < -0.4 is 5.73 Å². The van der Waals surface area contributed by atoms with Gasteiger partial charge in [-0.3, -0.25) is 0 Å². The van der Waals surface area contributed by atoms with Gasteiger partial charge in [0.1, 0.15) is 5.75 Å². The van der Waals surface area contributed by atoms with Crippen molar-refractivity contribution in [2.45, 2.75) is 19.4 Å². The van der Waals surface area contributed by atoms with Crippen LogP contribution in [0.15, 0.2) is 18.2 Å². The third-order valence-corrected chi connectivity index (χ3v) is 2.10. The molecule has 1 aromatic carbocycles. The van der Waals surface area contributed by atoms with Gasteiger partial charge in [0.2, 0.25) is 0 Å². The van der Waals surface area contributed by atoms with Crippen molar-refractivity contribution in [1.29, 1.82) is 0 Å². The van der Waals surface area contributed by atoms with Gasteiger partial charge >= 0.3 is 0 Å². The topological polar surface area (TPSA) is 66.5 Å². The normalized spacial score (nSPS) is 15.4. The number of aryl methyl sites for hydroxylation is 1. The molecular weight excluding hydrogens is 166 g/mol. The summed E-state index contributed by atoms with van der Waals surface area (Å²) in [4.78, 5) is 0. The summed E-state index contributed by atoms with van der Waals surface area (Å²) in [5.74, 6) is 0.138. The molecule has 0 amide bonds. The van der Waals surface area contributed by atoms with Crippen molar-refractivity contribution in [3.05, 3.63) is 29.3 Å². The van der Waals surface area contributed by atoms with E-state index in [0.717, 1.165) is 5.56 Å². The summed E-state index contributed by atoms with van der Waals surface area (Å²) in [6, 6.07) is 5.23. The largest absolute Gasteiger partial charge is 0.508 e. The fourth-order valence-electron chi connectivity index (χ4n) is 1.21. The molecule has 3 heteroatoms. The smallest absolute Gasteiger partial charge is 0.120 e. The van der Waals surface area contributed by atoms with Crippen LogP contribution >= 0.6 is 0 Å². The second kappa shape index (κ2) is 3.36. The summed E-state index contributed by atoms with van der Waals surface area (Å²) in [5.41, 5.74) is 6.44. The van der Waals surface area contributed by atoms with Gasteiger partial charge in [-0.15, -0.1) is 0 Å². The van der Waals surface area contributed by atoms with Crippen LogP contribution in [-0.4, -0.2) is 16.8 Å². The number of hydrogen-bond acceptors (Lipinski definition) is 3. The van der Waals surface area contributed by atoms with E-state index < -0.39 is 5.54 Å². The lowest BCUT2D eigenvalue weighted by Gasteiger charge is -2.23. The predicted molar refractivity (Wildman–Crippen MR) is 51.5 cm³/mol. The van der Waals surface area contributed by atoms with Gasteiger partial charge in [0.25, 0.3) is 0 Å². The standard InChI is InChI=1S/C10H15NO2/c1-7-3-4-8(9(13)5-7)10(2,11)6-12/h3-5,12-13H,6,11H2,1-2H3/t10-/m1/s1. The molecule has 0 heterocycles. The predicted octanol–water partition coefficient (Wildman–Crippen LogP) is 0.867. The molecule has 0 bridgehead atoms. The first-order valence-corrected chi connectivity index (χ1v) is 4.17. The maximum atomic E-state index is 9.57. The number of aliphatic hydroxyl groups is 1. The number of aliphatic hydroxyl groups excluding tert-OH is 1. The number of benzene rings is 1. The van der Waals surface area contributed by atoms with E-state index >= 15 is 0 Å². The molecule has 0 spiro atoms. The number of phenolic OH excluding ortho intramolecular Hbond substituents is 1. The van der Waals surface area contributed by atoms with Crippen molar-refractivity contribution in [2.75, 3.05) is 6.61 Å². The van der Waals surface area contributed by atoms with E-state index in [1.807, 2.05) is 13.0 Å². The van der Waals surface area contributed by atoms with Crippen LogP contribution in [0.2, 0.25) is 0 Å². The van der Waals surface area contributed by atoms with Crippen molar-refractivity contribution in [2.24, 2.45) is 5.73 Å². The molecule has 1 atom stereocenters. The summed E-state index contributed by atoms with van der Waals surface area (Å²) in [6.45, 7) is 3.37. The molecule has 4 N–H and O–H groups in total. The van der Waals surface area contributed by atoms with Gasteiger partial charge in [-0.1, -0.05) is 12.1 Å². The van der Waals surface area contributed by atoms with Crippen molar-refractivity contribution < 1.29 is 10.2 Å². The van der Waals surface area contributed by atoms with Crippen LogP contribution in [0.5, 0.6) is 5.75 Å². The Kier molecular flexibility index (Phi) is 2.59. The first kappa shape index (κ1) is 10.0. The highest BCUT2D eigenvalue weighted by Gasteiger charge is 2.23. The first-order valence-electron chi connectivity index (χ1n) is 4.17. The maximum Gasteiger partial charge on any atom is 0.120 e. The molecule has 0 aliphatic heterocycles. The Hall–Kier alpha value is -1.06. The monoisotopic (exact) mass is 181 g/mol. The zero-order valence-corrected chi connectivity index (χ0v) is 7.91. The molecule has 1 aromatic rings. The maximum absolute atomic E-state index is 9.57. The molecule has 0 unspecified atom stereocenters. The highest BCUT2D eigenvalue weighted by molar-refractivity contribution is 5.40. The van der Waals surface area contributed by atoms with Crippen molar-refractivity contribution in [1.82, 2.24) is 0 Å². The highest BCUT2D eigenvalue weighted by Crippen LogP contribution is 2.27. The van der Waals surface area contributed by atoms with E-state index in [-0.39, 0.29) is 12.4 Å². The second-order valence-electron chi connectivity index (χ2n) is 3.60. The highest BCUT2D eigenvalue weighted by atomic mass is 16.3. The fourth-order valence-corrected chi connectivity index (χ4v) is 1.21. The van der Waals surface area contributed by atoms with E-state index in [4.69, 9.17) is 10.8 Å². The Labute approximate surface area is 77.8 Å². The molecule has 0 fully saturated rings. The summed E-state index contributed by atoms with van der Waals surface area (Å²) in [7, 11) is 0. The average molecular weight is 181 g/mol. The van der Waals surface area contributed by atoms with E-state index in [0.29, 0.717) is 5.56 Å². The van der Waals surface area contributed by atoms with Crippen LogP contribution in [-0.2, 0) is 5.54 Å². The van der Waals surface area contributed by atoms with Gasteiger partial charge in [-0.25, -0.2) is 0 Å². The molecule has 0 aliphatic carbocycles. The molecule has 0 aliphatic rings. The Morgan fingerprint density at radius 3 is 2.54 bits per heavy atom. The lowest BCUT2D eigenvalue weighted by molar-refractivity contribution is 0.207. The minimum atomic E-state index is -0.877.